The van der Waals surface area contributed by atoms with Crippen LogP contribution in [0.4, 0.5) is 0 Å². The normalized spacial score (nSPS) is 25.7. The molecule has 0 spiro atoms. The Morgan fingerprint density at radius 1 is 1.47 bits per heavy atom. The smallest absolute Gasteiger partial charge is 0.317 e. The molecule has 0 bridgehead atoms. The maximum Gasteiger partial charge on any atom is 0.317 e. The van der Waals surface area contributed by atoms with Crippen LogP contribution in [0.1, 0.15) is 25.7 Å². The number of hydrogen-bond donors (Lipinski definition) is 2. The van der Waals surface area contributed by atoms with Crippen molar-refractivity contribution < 1.29 is 14.7 Å². The number of carbonyl (C=O) groups excluding carboxylic acids is 1. The van der Waals surface area contributed by atoms with E-state index in [1.807, 2.05) is 4.90 Å². The molecule has 1 amide bonds. The van der Waals surface area contributed by atoms with Crippen LogP contribution in [0.15, 0.2) is 0 Å². The lowest BCUT2D eigenvalue weighted by Crippen LogP contribution is -2.42. The molecule has 1 aliphatic heterocycles. The average molecular weight is 212 g/mol. The van der Waals surface area contributed by atoms with Gasteiger partial charge < -0.3 is 10.4 Å². The highest BCUT2D eigenvalue weighted by atomic mass is 16.4. The van der Waals surface area contributed by atoms with Crippen LogP contribution in [-0.2, 0) is 9.59 Å². The van der Waals surface area contributed by atoms with Crippen molar-refractivity contribution in [2.24, 2.45) is 0 Å². The summed E-state index contributed by atoms with van der Waals surface area (Å²) in [5, 5.41) is 11.6. The number of carboxylic acids is 1. The lowest BCUT2D eigenvalue weighted by Gasteiger charge is -2.23. The van der Waals surface area contributed by atoms with Gasteiger partial charge >= 0.3 is 5.97 Å². The third-order valence-corrected chi connectivity index (χ3v) is 2.94. The van der Waals surface area contributed by atoms with Gasteiger partial charge in [-0.05, 0) is 19.3 Å². The zero-order valence-electron chi connectivity index (χ0n) is 8.61. The Bertz CT molecular complexity index is 276. The van der Waals surface area contributed by atoms with E-state index < -0.39 is 5.97 Å². The molecule has 1 unspecified atom stereocenters. The third-order valence-electron chi connectivity index (χ3n) is 2.94. The van der Waals surface area contributed by atoms with E-state index in [4.69, 9.17) is 5.11 Å². The SMILES string of the molecule is O=C(O)CN(CC1CCC(=O)N1)C1CC1. The summed E-state index contributed by atoms with van der Waals surface area (Å²) in [6.07, 6.45) is 3.60. The molecule has 84 valence electrons. The Labute approximate surface area is 88.4 Å². The van der Waals surface area contributed by atoms with E-state index in [1.54, 1.807) is 0 Å². The van der Waals surface area contributed by atoms with Gasteiger partial charge in [-0.15, -0.1) is 0 Å². The van der Waals surface area contributed by atoms with E-state index in [0.29, 0.717) is 19.0 Å². The molecule has 1 atom stereocenters. The van der Waals surface area contributed by atoms with Gasteiger partial charge in [0, 0.05) is 25.0 Å². The Hall–Kier alpha value is -1.10. The zero-order valence-corrected chi connectivity index (χ0v) is 8.61. The molecular weight excluding hydrogens is 196 g/mol. The fourth-order valence-electron chi connectivity index (χ4n) is 2.05. The summed E-state index contributed by atoms with van der Waals surface area (Å²) in [5.74, 6) is -0.697. The molecule has 0 aromatic rings. The molecule has 1 saturated carbocycles. The van der Waals surface area contributed by atoms with Crippen molar-refractivity contribution in [1.29, 1.82) is 0 Å². The van der Waals surface area contributed by atoms with E-state index in [0.717, 1.165) is 19.3 Å². The molecule has 2 rings (SSSR count). The van der Waals surface area contributed by atoms with Crippen molar-refractivity contribution in [3.05, 3.63) is 0 Å². The van der Waals surface area contributed by atoms with Crippen LogP contribution in [0, 0.1) is 0 Å². The molecule has 2 fully saturated rings. The van der Waals surface area contributed by atoms with Gasteiger partial charge in [0.2, 0.25) is 5.91 Å². The number of amides is 1. The van der Waals surface area contributed by atoms with Crippen LogP contribution in [0.25, 0.3) is 0 Å². The monoisotopic (exact) mass is 212 g/mol. The average Bonchev–Trinajstić information content (AvgIpc) is 2.90. The number of carbonyl (C=O) groups is 2. The molecular formula is C10H16N2O3. The van der Waals surface area contributed by atoms with Crippen molar-refractivity contribution in [2.45, 2.75) is 37.8 Å². The van der Waals surface area contributed by atoms with Crippen LogP contribution in [0.3, 0.4) is 0 Å². The van der Waals surface area contributed by atoms with Crippen molar-refractivity contribution >= 4 is 11.9 Å². The molecule has 15 heavy (non-hydrogen) atoms. The van der Waals surface area contributed by atoms with Crippen LogP contribution < -0.4 is 5.32 Å². The van der Waals surface area contributed by atoms with E-state index in [9.17, 15) is 9.59 Å². The van der Waals surface area contributed by atoms with Gasteiger partial charge in [-0.25, -0.2) is 0 Å². The van der Waals surface area contributed by atoms with Crippen LogP contribution >= 0.6 is 0 Å². The lowest BCUT2D eigenvalue weighted by atomic mass is 10.2. The number of carboxylic acid groups (broad SMARTS) is 1. The molecule has 1 heterocycles. The Kier molecular flexibility index (Phi) is 2.90. The first kappa shape index (κ1) is 10.4. The van der Waals surface area contributed by atoms with E-state index in [-0.39, 0.29) is 18.5 Å². The van der Waals surface area contributed by atoms with Crippen LogP contribution in [0.5, 0.6) is 0 Å². The van der Waals surface area contributed by atoms with Gasteiger partial charge in [-0.1, -0.05) is 0 Å². The molecule has 0 aromatic heterocycles. The van der Waals surface area contributed by atoms with E-state index >= 15 is 0 Å². The number of nitrogens with zero attached hydrogens (tertiary/aromatic N) is 1. The molecule has 1 aliphatic carbocycles. The minimum Gasteiger partial charge on any atom is -0.480 e. The first-order valence-corrected chi connectivity index (χ1v) is 5.40. The molecule has 0 aromatic carbocycles. The zero-order chi connectivity index (χ0) is 10.8. The number of aliphatic carboxylic acids is 1. The number of hydrogen-bond acceptors (Lipinski definition) is 3. The minimum atomic E-state index is -0.786. The maximum absolute atomic E-state index is 11.0. The molecule has 1 saturated heterocycles. The predicted molar refractivity (Wildman–Crippen MR) is 53.4 cm³/mol. The summed E-state index contributed by atoms with van der Waals surface area (Å²) in [6.45, 7) is 0.778. The summed E-state index contributed by atoms with van der Waals surface area (Å²) in [7, 11) is 0. The van der Waals surface area contributed by atoms with Crippen molar-refractivity contribution in [3.63, 3.8) is 0 Å². The largest absolute Gasteiger partial charge is 0.480 e. The van der Waals surface area contributed by atoms with Gasteiger partial charge in [-0.3, -0.25) is 14.5 Å². The Morgan fingerprint density at radius 3 is 2.67 bits per heavy atom. The van der Waals surface area contributed by atoms with Crippen LogP contribution in [0.2, 0.25) is 0 Å². The lowest BCUT2D eigenvalue weighted by molar-refractivity contribution is -0.138. The second kappa shape index (κ2) is 4.18. The van der Waals surface area contributed by atoms with E-state index in [2.05, 4.69) is 5.32 Å². The summed E-state index contributed by atoms with van der Waals surface area (Å²) in [5.41, 5.74) is 0. The summed E-state index contributed by atoms with van der Waals surface area (Å²) < 4.78 is 0. The highest BCUT2D eigenvalue weighted by molar-refractivity contribution is 5.78. The molecule has 2 aliphatic rings. The molecule has 2 N–H and O–H groups in total. The highest BCUT2D eigenvalue weighted by Crippen LogP contribution is 2.27. The first-order valence-electron chi connectivity index (χ1n) is 5.40. The second-order valence-corrected chi connectivity index (χ2v) is 4.36. The topological polar surface area (TPSA) is 69.6 Å². The van der Waals surface area contributed by atoms with Gasteiger partial charge in [0.05, 0.1) is 6.54 Å². The number of nitrogens with one attached hydrogen (secondary N) is 1. The second-order valence-electron chi connectivity index (χ2n) is 4.36. The fraction of sp³-hybridized carbons (Fsp3) is 0.800. The fourth-order valence-corrected chi connectivity index (χ4v) is 2.05. The number of rotatable bonds is 5. The quantitative estimate of drug-likeness (QED) is 0.663. The minimum absolute atomic E-state index is 0.0890. The summed E-state index contributed by atoms with van der Waals surface area (Å²) >= 11 is 0. The molecule has 5 nitrogen and oxygen atoms in total. The molecule has 0 radical (unpaired) electrons. The van der Waals surface area contributed by atoms with Gasteiger partial charge in [0.25, 0.3) is 0 Å². The first-order chi connectivity index (χ1) is 7.15. The maximum atomic E-state index is 11.0. The summed E-state index contributed by atoms with van der Waals surface area (Å²) in [4.78, 5) is 23.6. The van der Waals surface area contributed by atoms with Gasteiger partial charge in [-0.2, -0.15) is 0 Å². The van der Waals surface area contributed by atoms with Crippen molar-refractivity contribution in [2.75, 3.05) is 13.1 Å². The highest BCUT2D eigenvalue weighted by Gasteiger charge is 2.33. The van der Waals surface area contributed by atoms with Crippen molar-refractivity contribution in [3.8, 4) is 0 Å². The summed E-state index contributed by atoms with van der Waals surface area (Å²) in [6, 6.07) is 0.580. The van der Waals surface area contributed by atoms with Gasteiger partial charge in [0.15, 0.2) is 0 Å². The van der Waals surface area contributed by atoms with Crippen molar-refractivity contribution in [1.82, 2.24) is 10.2 Å². The van der Waals surface area contributed by atoms with Gasteiger partial charge in [0.1, 0.15) is 0 Å². The Morgan fingerprint density at radius 2 is 2.20 bits per heavy atom. The van der Waals surface area contributed by atoms with E-state index in [1.165, 1.54) is 0 Å². The standard InChI is InChI=1S/C10H16N2O3/c13-9-4-1-7(11-9)5-12(6-10(14)15)8-2-3-8/h7-8H,1-6H2,(H,11,13)(H,14,15). The Balaban J connectivity index is 1.83. The predicted octanol–water partition coefficient (Wildman–Crippen LogP) is -0.186. The molecule has 5 heteroatoms. The van der Waals surface area contributed by atoms with Crippen LogP contribution in [-0.4, -0.2) is 47.1 Å². The third kappa shape index (κ3) is 2.92.